The molecule has 1 aliphatic carbocycles. The van der Waals surface area contributed by atoms with Crippen LogP contribution < -0.4 is 0 Å². The minimum absolute atomic E-state index is 0.0489. The zero-order valence-electron chi connectivity index (χ0n) is 11.4. The lowest BCUT2D eigenvalue weighted by molar-refractivity contribution is -0.159. The van der Waals surface area contributed by atoms with Crippen molar-refractivity contribution in [3.05, 3.63) is 0 Å². The maximum Gasteiger partial charge on any atom is 0.312 e. The monoisotopic (exact) mass is 242 g/mol. The summed E-state index contributed by atoms with van der Waals surface area (Å²) in [5.74, 6) is 0.536. The standard InChI is InChI=1S/C14H26O3/c1-4-17-13(16)14(9-7-12(3)15)8-5-6-11(2)10-14/h11-12,15H,4-10H2,1-3H3. The van der Waals surface area contributed by atoms with Gasteiger partial charge in [-0.05, 0) is 45.4 Å². The average Bonchev–Trinajstić information content (AvgIpc) is 2.27. The molecule has 0 heterocycles. The molecule has 3 heteroatoms. The second-order valence-corrected chi connectivity index (χ2v) is 5.59. The first-order chi connectivity index (χ1) is 8.00. The van der Waals surface area contributed by atoms with Crippen LogP contribution in [0.5, 0.6) is 0 Å². The predicted octanol–water partition coefficient (Wildman–Crippen LogP) is 2.91. The number of aliphatic hydroxyl groups is 1. The lowest BCUT2D eigenvalue weighted by atomic mass is 9.67. The Balaban J connectivity index is 2.71. The highest BCUT2D eigenvalue weighted by Crippen LogP contribution is 2.44. The van der Waals surface area contributed by atoms with Crippen LogP contribution in [0.1, 0.15) is 59.3 Å². The van der Waals surface area contributed by atoms with E-state index >= 15 is 0 Å². The summed E-state index contributed by atoms with van der Waals surface area (Å²) in [6, 6.07) is 0. The van der Waals surface area contributed by atoms with Crippen LogP contribution in [0.3, 0.4) is 0 Å². The molecule has 0 aromatic heterocycles. The van der Waals surface area contributed by atoms with Crippen LogP contribution in [0.4, 0.5) is 0 Å². The number of esters is 1. The number of aliphatic hydroxyl groups excluding tert-OH is 1. The van der Waals surface area contributed by atoms with Crippen LogP contribution in [-0.4, -0.2) is 23.8 Å². The zero-order valence-corrected chi connectivity index (χ0v) is 11.4. The topological polar surface area (TPSA) is 46.5 Å². The molecule has 1 saturated carbocycles. The van der Waals surface area contributed by atoms with Gasteiger partial charge < -0.3 is 9.84 Å². The molecule has 0 aromatic carbocycles. The van der Waals surface area contributed by atoms with E-state index < -0.39 is 0 Å². The lowest BCUT2D eigenvalue weighted by Gasteiger charge is -2.38. The second-order valence-electron chi connectivity index (χ2n) is 5.59. The van der Waals surface area contributed by atoms with Gasteiger partial charge in [-0.2, -0.15) is 0 Å². The van der Waals surface area contributed by atoms with Gasteiger partial charge >= 0.3 is 5.97 Å². The highest BCUT2D eigenvalue weighted by molar-refractivity contribution is 5.77. The Morgan fingerprint density at radius 2 is 2.29 bits per heavy atom. The normalized spacial score (nSPS) is 30.9. The van der Waals surface area contributed by atoms with E-state index in [1.807, 2.05) is 6.92 Å². The van der Waals surface area contributed by atoms with Gasteiger partial charge in [0.2, 0.25) is 0 Å². The lowest BCUT2D eigenvalue weighted by Crippen LogP contribution is -2.38. The summed E-state index contributed by atoms with van der Waals surface area (Å²) >= 11 is 0. The van der Waals surface area contributed by atoms with Gasteiger partial charge in [0.1, 0.15) is 0 Å². The molecule has 0 spiro atoms. The molecule has 17 heavy (non-hydrogen) atoms. The van der Waals surface area contributed by atoms with Gasteiger partial charge in [-0.25, -0.2) is 0 Å². The number of ether oxygens (including phenoxy) is 1. The third-order valence-corrected chi connectivity index (χ3v) is 3.84. The van der Waals surface area contributed by atoms with E-state index in [0.717, 1.165) is 25.7 Å². The first kappa shape index (κ1) is 14.5. The minimum atomic E-state index is -0.335. The van der Waals surface area contributed by atoms with E-state index in [1.165, 1.54) is 6.42 Å². The van der Waals surface area contributed by atoms with Gasteiger partial charge in [-0.1, -0.05) is 19.8 Å². The van der Waals surface area contributed by atoms with Crippen molar-refractivity contribution in [2.45, 2.75) is 65.4 Å². The van der Waals surface area contributed by atoms with Crippen molar-refractivity contribution in [1.82, 2.24) is 0 Å². The number of hydrogen-bond donors (Lipinski definition) is 1. The first-order valence-corrected chi connectivity index (χ1v) is 6.85. The maximum atomic E-state index is 12.2. The molecule has 1 N–H and O–H groups in total. The van der Waals surface area contributed by atoms with Gasteiger partial charge in [0, 0.05) is 0 Å². The highest BCUT2D eigenvalue weighted by atomic mass is 16.5. The predicted molar refractivity (Wildman–Crippen MR) is 67.6 cm³/mol. The van der Waals surface area contributed by atoms with E-state index in [2.05, 4.69) is 6.92 Å². The van der Waals surface area contributed by atoms with E-state index in [-0.39, 0.29) is 17.5 Å². The molecule has 1 rings (SSSR count). The van der Waals surface area contributed by atoms with E-state index in [1.54, 1.807) is 6.92 Å². The molecule has 0 aromatic rings. The van der Waals surface area contributed by atoms with Gasteiger partial charge in [0.15, 0.2) is 0 Å². The second kappa shape index (κ2) is 6.39. The fourth-order valence-electron chi connectivity index (χ4n) is 2.94. The quantitative estimate of drug-likeness (QED) is 0.754. The Kier molecular flexibility index (Phi) is 5.44. The molecule has 0 radical (unpaired) electrons. The molecule has 1 fully saturated rings. The summed E-state index contributed by atoms with van der Waals surface area (Å²) in [6.45, 7) is 6.29. The van der Waals surface area contributed by atoms with Crippen LogP contribution in [0.2, 0.25) is 0 Å². The fraction of sp³-hybridized carbons (Fsp3) is 0.929. The van der Waals surface area contributed by atoms with Crippen LogP contribution in [0, 0.1) is 11.3 Å². The van der Waals surface area contributed by atoms with Gasteiger partial charge in [-0.3, -0.25) is 4.79 Å². The Morgan fingerprint density at radius 1 is 1.59 bits per heavy atom. The van der Waals surface area contributed by atoms with Crippen molar-refractivity contribution in [2.75, 3.05) is 6.61 Å². The molecule has 3 unspecified atom stereocenters. The summed E-state index contributed by atoms with van der Waals surface area (Å²) in [5, 5.41) is 9.42. The summed E-state index contributed by atoms with van der Waals surface area (Å²) in [4.78, 5) is 12.2. The number of hydrogen-bond acceptors (Lipinski definition) is 3. The van der Waals surface area contributed by atoms with Crippen molar-refractivity contribution >= 4 is 5.97 Å². The molecular weight excluding hydrogens is 216 g/mol. The van der Waals surface area contributed by atoms with Crippen molar-refractivity contribution in [1.29, 1.82) is 0 Å². The van der Waals surface area contributed by atoms with Gasteiger partial charge in [-0.15, -0.1) is 0 Å². The highest BCUT2D eigenvalue weighted by Gasteiger charge is 2.42. The smallest absolute Gasteiger partial charge is 0.312 e. The number of carbonyl (C=O) groups excluding carboxylic acids is 1. The van der Waals surface area contributed by atoms with Crippen molar-refractivity contribution in [3.8, 4) is 0 Å². The summed E-state index contributed by atoms with van der Waals surface area (Å²) < 4.78 is 5.24. The van der Waals surface area contributed by atoms with Gasteiger partial charge in [0.05, 0.1) is 18.1 Å². The molecule has 0 amide bonds. The van der Waals surface area contributed by atoms with Gasteiger partial charge in [0.25, 0.3) is 0 Å². The first-order valence-electron chi connectivity index (χ1n) is 6.85. The summed E-state index contributed by atoms with van der Waals surface area (Å²) in [5.41, 5.74) is -0.329. The summed E-state index contributed by atoms with van der Waals surface area (Å²) in [7, 11) is 0. The van der Waals surface area contributed by atoms with Crippen LogP contribution >= 0.6 is 0 Å². The number of carbonyl (C=O) groups is 1. The van der Waals surface area contributed by atoms with Crippen molar-refractivity contribution < 1.29 is 14.6 Å². The Morgan fingerprint density at radius 3 is 2.82 bits per heavy atom. The van der Waals surface area contributed by atoms with E-state index in [4.69, 9.17) is 4.74 Å². The molecule has 0 bridgehead atoms. The number of rotatable bonds is 5. The largest absolute Gasteiger partial charge is 0.466 e. The SMILES string of the molecule is CCOC(=O)C1(CCC(C)O)CCCC(C)C1. The molecule has 3 nitrogen and oxygen atoms in total. The van der Waals surface area contributed by atoms with E-state index in [0.29, 0.717) is 18.9 Å². The minimum Gasteiger partial charge on any atom is -0.466 e. The van der Waals surface area contributed by atoms with Crippen LogP contribution in [-0.2, 0) is 9.53 Å². The summed E-state index contributed by atoms with van der Waals surface area (Å²) in [6.07, 6.45) is 5.25. The molecule has 100 valence electrons. The Hall–Kier alpha value is -0.570. The van der Waals surface area contributed by atoms with Crippen molar-refractivity contribution in [3.63, 3.8) is 0 Å². The Labute approximate surface area is 105 Å². The molecule has 1 aliphatic rings. The molecule has 0 saturated heterocycles. The molecule has 3 atom stereocenters. The fourth-order valence-corrected chi connectivity index (χ4v) is 2.94. The van der Waals surface area contributed by atoms with Crippen molar-refractivity contribution in [2.24, 2.45) is 11.3 Å². The maximum absolute atomic E-state index is 12.2. The molecular formula is C14H26O3. The third kappa shape index (κ3) is 3.98. The van der Waals surface area contributed by atoms with Crippen LogP contribution in [0.25, 0.3) is 0 Å². The molecule has 0 aliphatic heterocycles. The van der Waals surface area contributed by atoms with Crippen LogP contribution in [0.15, 0.2) is 0 Å². The average molecular weight is 242 g/mol. The zero-order chi connectivity index (χ0) is 12.9. The third-order valence-electron chi connectivity index (χ3n) is 3.84. The van der Waals surface area contributed by atoms with E-state index in [9.17, 15) is 9.90 Å². The Bertz CT molecular complexity index is 250.